The molecule has 0 amide bonds. The minimum Gasteiger partial charge on any atom is -0.379 e. The summed E-state index contributed by atoms with van der Waals surface area (Å²) in [5.41, 5.74) is 8.07. The van der Waals surface area contributed by atoms with E-state index in [9.17, 15) is 0 Å². The molecule has 0 unspecified atom stereocenters. The zero-order valence-electron chi connectivity index (χ0n) is 14.3. The predicted molar refractivity (Wildman–Crippen MR) is 88.4 cm³/mol. The molecule has 1 aliphatic rings. The van der Waals surface area contributed by atoms with Crippen molar-refractivity contribution >= 4 is 0 Å². The topological polar surface area (TPSA) is 85.7 Å². The molecule has 23 heavy (non-hydrogen) atoms. The van der Waals surface area contributed by atoms with Crippen LogP contribution < -0.4 is 0 Å². The van der Waals surface area contributed by atoms with Gasteiger partial charge in [0.1, 0.15) is 0 Å². The maximum Gasteiger partial charge on any atom is 0.0701 e. The van der Waals surface area contributed by atoms with Crippen LogP contribution >= 0.6 is 0 Å². The van der Waals surface area contributed by atoms with Crippen molar-refractivity contribution in [1.82, 2.24) is 0 Å². The number of nitrogens with zero attached hydrogens (tertiary/aromatic N) is 3. The average molecular weight is 329 g/mol. The summed E-state index contributed by atoms with van der Waals surface area (Å²) in [6, 6.07) is 0. The third-order valence-electron chi connectivity index (χ3n) is 4.00. The Morgan fingerprint density at radius 2 is 1.35 bits per heavy atom. The molecule has 0 aromatic heterocycles. The number of azide groups is 1. The summed E-state index contributed by atoms with van der Waals surface area (Å²) in [4.78, 5) is 2.64. The molecular formula is C16H31N3O4. The van der Waals surface area contributed by atoms with Crippen LogP contribution in [0, 0.1) is 11.8 Å². The van der Waals surface area contributed by atoms with E-state index in [2.05, 4.69) is 16.9 Å². The molecule has 0 heterocycles. The van der Waals surface area contributed by atoms with Gasteiger partial charge in [-0.15, -0.1) is 0 Å². The van der Waals surface area contributed by atoms with Crippen molar-refractivity contribution < 1.29 is 18.9 Å². The molecule has 1 rings (SSSR count). The van der Waals surface area contributed by atoms with Crippen LogP contribution in [0.15, 0.2) is 5.11 Å². The third kappa shape index (κ3) is 12.3. The van der Waals surface area contributed by atoms with Gasteiger partial charge in [-0.2, -0.15) is 0 Å². The van der Waals surface area contributed by atoms with Crippen LogP contribution in [0.2, 0.25) is 0 Å². The lowest BCUT2D eigenvalue weighted by Crippen LogP contribution is -2.19. The summed E-state index contributed by atoms with van der Waals surface area (Å²) < 4.78 is 21.7. The van der Waals surface area contributed by atoms with Crippen LogP contribution in [0.25, 0.3) is 10.4 Å². The number of hydrogen-bond acceptors (Lipinski definition) is 5. The van der Waals surface area contributed by atoms with Crippen molar-refractivity contribution in [3.8, 4) is 0 Å². The van der Waals surface area contributed by atoms with E-state index in [0.717, 1.165) is 18.4 Å². The minimum absolute atomic E-state index is 0.361. The normalized spacial score (nSPS) is 21.1. The molecule has 134 valence electrons. The van der Waals surface area contributed by atoms with E-state index >= 15 is 0 Å². The van der Waals surface area contributed by atoms with E-state index in [1.165, 1.54) is 25.7 Å². The Bertz CT molecular complexity index is 316. The summed E-state index contributed by atoms with van der Waals surface area (Å²) in [5.74, 6) is 1.64. The quantitative estimate of drug-likeness (QED) is 0.212. The van der Waals surface area contributed by atoms with Crippen LogP contribution in [0.1, 0.15) is 32.6 Å². The highest BCUT2D eigenvalue weighted by molar-refractivity contribution is 4.69. The molecule has 1 fully saturated rings. The fourth-order valence-corrected chi connectivity index (χ4v) is 2.56. The van der Waals surface area contributed by atoms with Gasteiger partial charge in [-0.25, -0.2) is 0 Å². The molecule has 0 saturated heterocycles. The predicted octanol–water partition coefficient (Wildman–Crippen LogP) is 3.19. The average Bonchev–Trinajstić information content (AvgIpc) is 2.57. The lowest BCUT2D eigenvalue weighted by molar-refractivity contribution is -0.00763. The molecule has 1 saturated carbocycles. The highest BCUT2D eigenvalue weighted by Crippen LogP contribution is 2.28. The zero-order chi connectivity index (χ0) is 16.6. The Balaban J connectivity index is 1.72. The van der Waals surface area contributed by atoms with Gasteiger partial charge in [0.25, 0.3) is 0 Å². The summed E-state index contributed by atoms with van der Waals surface area (Å²) in [6.07, 6.45) is 5.30. The van der Waals surface area contributed by atoms with Crippen molar-refractivity contribution in [2.45, 2.75) is 32.6 Å². The molecule has 0 aromatic carbocycles. The second-order valence-corrected chi connectivity index (χ2v) is 5.99. The molecule has 0 spiro atoms. The Hall–Kier alpha value is -0.850. The van der Waals surface area contributed by atoms with Crippen molar-refractivity contribution in [1.29, 1.82) is 0 Å². The summed E-state index contributed by atoms with van der Waals surface area (Å²) in [5, 5.41) is 3.37. The first kappa shape index (κ1) is 20.2. The van der Waals surface area contributed by atoms with Crippen LogP contribution in [0.3, 0.4) is 0 Å². The zero-order valence-corrected chi connectivity index (χ0v) is 14.3. The second-order valence-electron chi connectivity index (χ2n) is 5.99. The molecule has 0 atom stereocenters. The Morgan fingerprint density at radius 1 is 0.826 bits per heavy atom. The van der Waals surface area contributed by atoms with Crippen molar-refractivity contribution in [2.75, 3.05) is 59.4 Å². The SMILES string of the molecule is C[C@H]1CC[C@H](COCCOCCOCCOCCN=[N+]=[N-])CC1. The van der Waals surface area contributed by atoms with Gasteiger partial charge >= 0.3 is 0 Å². The fraction of sp³-hybridized carbons (Fsp3) is 1.00. The summed E-state index contributed by atoms with van der Waals surface area (Å²) in [6.45, 7) is 7.44. The van der Waals surface area contributed by atoms with Gasteiger partial charge in [-0.1, -0.05) is 24.9 Å². The molecule has 7 heteroatoms. The van der Waals surface area contributed by atoms with Gasteiger partial charge in [0, 0.05) is 18.1 Å². The first-order valence-corrected chi connectivity index (χ1v) is 8.64. The van der Waals surface area contributed by atoms with Gasteiger partial charge in [0.05, 0.1) is 46.2 Å². The third-order valence-corrected chi connectivity index (χ3v) is 4.00. The first-order valence-electron chi connectivity index (χ1n) is 8.64. The van der Waals surface area contributed by atoms with Gasteiger partial charge in [-0.3, -0.25) is 0 Å². The van der Waals surface area contributed by atoms with Gasteiger partial charge < -0.3 is 18.9 Å². The van der Waals surface area contributed by atoms with Crippen LogP contribution in [-0.4, -0.2) is 59.4 Å². The van der Waals surface area contributed by atoms with Crippen LogP contribution in [0.4, 0.5) is 0 Å². The smallest absolute Gasteiger partial charge is 0.0701 e. The molecule has 1 aliphatic carbocycles. The fourth-order valence-electron chi connectivity index (χ4n) is 2.56. The maximum absolute atomic E-state index is 8.07. The van der Waals surface area contributed by atoms with Crippen molar-refractivity contribution in [3.05, 3.63) is 10.4 Å². The molecule has 0 aliphatic heterocycles. The van der Waals surface area contributed by atoms with Crippen LogP contribution in [-0.2, 0) is 18.9 Å². The first-order chi connectivity index (χ1) is 11.3. The molecule has 7 nitrogen and oxygen atoms in total. The molecular weight excluding hydrogens is 298 g/mol. The van der Waals surface area contributed by atoms with Gasteiger partial charge in [-0.05, 0) is 30.2 Å². The van der Waals surface area contributed by atoms with E-state index in [4.69, 9.17) is 24.5 Å². The molecule has 0 bridgehead atoms. The van der Waals surface area contributed by atoms with E-state index in [1.807, 2.05) is 0 Å². The van der Waals surface area contributed by atoms with Crippen molar-refractivity contribution in [3.63, 3.8) is 0 Å². The van der Waals surface area contributed by atoms with E-state index < -0.39 is 0 Å². The second kappa shape index (κ2) is 14.7. The standard InChI is InChI=1S/C16H31N3O4/c1-15-2-4-16(5-3-15)14-23-13-12-22-11-10-21-9-8-20-7-6-18-19-17/h15-16H,2-14H2,1H3/t15-,16-. The Labute approximate surface area is 139 Å². The number of rotatable bonds is 14. The highest BCUT2D eigenvalue weighted by atomic mass is 16.6. The summed E-state index contributed by atoms with van der Waals surface area (Å²) in [7, 11) is 0. The maximum atomic E-state index is 8.07. The minimum atomic E-state index is 0.361. The Kier molecular flexibility index (Phi) is 12.9. The lowest BCUT2D eigenvalue weighted by Gasteiger charge is -2.25. The highest BCUT2D eigenvalue weighted by Gasteiger charge is 2.17. The molecule has 0 aromatic rings. The van der Waals surface area contributed by atoms with Crippen molar-refractivity contribution in [2.24, 2.45) is 17.0 Å². The van der Waals surface area contributed by atoms with Gasteiger partial charge in [0.15, 0.2) is 0 Å². The number of hydrogen-bond donors (Lipinski definition) is 0. The lowest BCUT2D eigenvalue weighted by atomic mass is 9.83. The largest absolute Gasteiger partial charge is 0.379 e. The number of ether oxygens (including phenoxy) is 4. The van der Waals surface area contributed by atoms with Gasteiger partial charge in [0.2, 0.25) is 0 Å². The van der Waals surface area contributed by atoms with Crippen LogP contribution in [0.5, 0.6) is 0 Å². The molecule has 0 N–H and O–H groups in total. The monoisotopic (exact) mass is 329 g/mol. The summed E-state index contributed by atoms with van der Waals surface area (Å²) >= 11 is 0. The molecule has 0 radical (unpaired) electrons. The van der Waals surface area contributed by atoms with E-state index in [-0.39, 0.29) is 0 Å². The van der Waals surface area contributed by atoms with E-state index in [0.29, 0.717) is 52.8 Å². The Morgan fingerprint density at radius 3 is 1.91 bits per heavy atom. The van der Waals surface area contributed by atoms with E-state index in [1.54, 1.807) is 0 Å².